The molecule has 6 nitrogen and oxygen atoms in total. The van der Waals surface area contributed by atoms with Gasteiger partial charge in [0, 0.05) is 49.9 Å². The average molecular weight is 370 g/mol. The molecular formula is C21H30N4O2. The molecule has 2 N–H and O–H groups in total. The number of benzene rings is 1. The molecule has 0 aliphatic carbocycles. The first-order chi connectivity index (χ1) is 13.0. The Hall–Kier alpha value is -2.50. The average Bonchev–Trinajstić information content (AvgIpc) is 3.08. The van der Waals surface area contributed by atoms with Crippen LogP contribution in [0.4, 0.5) is 4.79 Å². The summed E-state index contributed by atoms with van der Waals surface area (Å²) in [6, 6.07) is 10.5. The number of nitrogens with zero attached hydrogens (tertiary/aromatic N) is 2. The van der Waals surface area contributed by atoms with Crippen LogP contribution >= 0.6 is 0 Å². The van der Waals surface area contributed by atoms with Crippen molar-refractivity contribution in [2.24, 2.45) is 5.92 Å². The summed E-state index contributed by atoms with van der Waals surface area (Å²) in [4.78, 5) is 26.0. The second-order valence-electron chi connectivity index (χ2n) is 7.58. The van der Waals surface area contributed by atoms with Crippen LogP contribution in [0.15, 0.2) is 36.5 Å². The number of hydrogen-bond acceptors (Lipinski definition) is 2. The number of urea groups is 1. The molecule has 0 saturated carbocycles. The Morgan fingerprint density at radius 2 is 1.89 bits per heavy atom. The van der Waals surface area contributed by atoms with Gasteiger partial charge in [0.1, 0.15) is 0 Å². The standard InChI is InChI=1S/C21H30N4O2/c1-16(2)20(26)25-14-9-18(10-15-25)23-21(27)22-11-5-12-24-13-8-17-6-3-4-7-19(17)24/h3-4,6-8,13,16,18H,5,9-12,14-15H2,1-2H3,(H2,22,23,27). The summed E-state index contributed by atoms with van der Waals surface area (Å²) >= 11 is 0. The van der Waals surface area contributed by atoms with E-state index < -0.39 is 0 Å². The van der Waals surface area contributed by atoms with E-state index in [1.54, 1.807) is 0 Å². The fourth-order valence-corrected chi connectivity index (χ4v) is 3.63. The summed E-state index contributed by atoms with van der Waals surface area (Å²) in [5.74, 6) is 0.241. The predicted octanol–water partition coefficient (Wildman–Crippen LogP) is 2.98. The molecule has 146 valence electrons. The number of carbonyl (C=O) groups excluding carboxylic acids is 2. The third kappa shape index (κ3) is 5.02. The first kappa shape index (κ1) is 19.3. The van der Waals surface area contributed by atoms with Crippen molar-refractivity contribution in [3.05, 3.63) is 36.5 Å². The fourth-order valence-electron chi connectivity index (χ4n) is 3.63. The van der Waals surface area contributed by atoms with Crippen molar-refractivity contribution < 1.29 is 9.59 Å². The lowest BCUT2D eigenvalue weighted by Crippen LogP contribution is -2.49. The minimum atomic E-state index is -0.110. The molecule has 1 aliphatic heterocycles. The lowest BCUT2D eigenvalue weighted by molar-refractivity contribution is -0.135. The van der Waals surface area contributed by atoms with Crippen LogP contribution in [0, 0.1) is 5.92 Å². The van der Waals surface area contributed by atoms with Crippen LogP contribution < -0.4 is 10.6 Å². The highest BCUT2D eigenvalue weighted by atomic mass is 16.2. The van der Waals surface area contributed by atoms with Gasteiger partial charge in [-0.25, -0.2) is 4.79 Å². The molecule has 3 rings (SSSR count). The third-order valence-corrected chi connectivity index (χ3v) is 5.18. The fraction of sp³-hybridized carbons (Fsp3) is 0.524. The number of rotatable bonds is 6. The van der Waals surface area contributed by atoms with Crippen molar-refractivity contribution in [1.82, 2.24) is 20.1 Å². The van der Waals surface area contributed by atoms with E-state index >= 15 is 0 Å². The summed E-state index contributed by atoms with van der Waals surface area (Å²) in [6.07, 6.45) is 4.62. The Morgan fingerprint density at radius 1 is 1.15 bits per heavy atom. The van der Waals surface area contributed by atoms with Crippen molar-refractivity contribution in [3.8, 4) is 0 Å². The van der Waals surface area contributed by atoms with Crippen LogP contribution in [-0.4, -0.2) is 47.1 Å². The highest BCUT2D eigenvalue weighted by Crippen LogP contribution is 2.15. The zero-order valence-electron chi connectivity index (χ0n) is 16.3. The Balaban J connectivity index is 1.34. The van der Waals surface area contributed by atoms with E-state index in [4.69, 9.17) is 0 Å². The molecule has 1 aromatic carbocycles. The van der Waals surface area contributed by atoms with Gasteiger partial charge in [-0.1, -0.05) is 32.0 Å². The first-order valence-corrected chi connectivity index (χ1v) is 9.91. The van der Waals surface area contributed by atoms with Gasteiger partial charge in [-0.05, 0) is 36.8 Å². The molecule has 0 radical (unpaired) electrons. The van der Waals surface area contributed by atoms with Crippen molar-refractivity contribution in [2.75, 3.05) is 19.6 Å². The van der Waals surface area contributed by atoms with Gasteiger partial charge in [0.2, 0.25) is 5.91 Å². The molecule has 0 unspecified atom stereocenters. The van der Waals surface area contributed by atoms with Crippen molar-refractivity contribution in [3.63, 3.8) is 0 Å². The minimum Gasteiger partial charge on any atom is -0.347 e. The van der Waals surface area contributed by atoms with E-state index in [2.05, 4.69) is 39.6 Å². The van der Waals surface area contributed by atoms with Gasteiger partial charge in [0.25, 0.3) is 0 Å². The van der Waals surface area contributed by atoms with Gasteiger partial charge >= 0.3 is 6.03 Å². The SMILES string of the molecule is CC(C)C(=O)N1CCC(NC(=O)NCCCn2ccc3ccccc32)CC1. The number of para-hydroxylation sites is 1. The number of likely N-dealkylation sites (tertiary alicyclic amines) is 1. The van der Waals surface area contributed by atoms with Gasteiger partial charge in [-0.2, -0.15) is 0 Å². The molecule has 0 bridgehead atoms. The Bertz CT molecular complexity index is 775. The van der Waals surface area contributed by atoms with Crippen LogP contribution in [0.25, 0.3) is 10.9 Å². The molecule has 0 spiro atoms. The van der Waals surface area contributed by atoms with Crippen LogP contribution in [0.5, 0.6) is 0 Å². The van der Waals surface area contributed by atoms with E-state index in [9.17, 15) is 9.59 Å². The zero-order valence-corrected chi connectivity index (χ0v) is 16.3. The monoisotopic (exact) mass is 370 g/mol. The van der Waals surface area contributed by atoms with Gasteiger partial charge in [0.15, 0.2) is 0 Å². The van der Waals surface area contributed by atoms with Gasteiger partial charge in [0.05, 0.1) is 0 Å². The second-order valence-corrected chi connectivity index (χ2v) is 7.58. The van der Waals surface area contributed by atoms with Crippen LogP contribution in [-0.2, 0) is 11.3 Å². The van der Waals surface area contributed by atoms with Gasteiger partial charge in [-0.15, -0.1) is 0 Å². The van der Waals surface area contributed by atoms with Crippen molar-refractivity contribution >= 4 is 22.8 Å². The maximum absolute atomic E-state index is 12.1. The molecule has 1 aliphatic rings. The molecule has 6 heteroatoms. The summed E-state index contributed by atoms with van der Waals surface area (Å²) in [7, 11) is 0. The normalized spacial score (nSPS) is 15.3. The quantitative estimate of drug-likeness (QED) is 0.768. The van der Waals surface area contributed by atoms with E-state index in [1.165, 1.54) is 10.9 Å². The third-order valence-electron chi connectivity index (χ3n) is 5.18. The predicted molar refractivity (Wildman–Crippen MR) is 108 cm³/mol. The topological polar surface area (TPSA) is 66.4 Å². The van der Waals surface area contributed by atoms with E-state index in [0.29, 0.717) is 6.54 Å². The lowest BCUT2D eigenvalue weighted by Gasteiger charge is -2.33. The number of hydrogen-bond donors (Lipinski definition) is 2. The van der Waals surface area contributed by atoms with Crippen LogP contribution in [0.3, 0.4) is 0 Å². The number of aromatic nitrogens is 1. The molecule has 0 atom stereocenters. The highest BCUT2D eigenvalue weighted by molar-refractivity contribution is 5.80. The molecule has 1 fully saturated rings. The number of piperidine rings is 1. The molecule has 27 heavy (non-hydrogen) atoms. The second kappa shape index (κ2) is 8.93. The maximum Gasteiger partial charge on any atom is 0.315 e. The Kier molecular flexibility index (Phi) is 6.37. The van der Waals surface area contributed by atoms with Crippen molar-refractivity contribution in [1.29, 1.82) is 0 Å². The first-order valence-electron chi connectivity index (χ1n) is 9.91. The molecule has 1 saturated heterocycles. The van der Waals surface area contributed by atoms with Crippen LogP contribution in [0.2, 0.25) is 0 Å². The molecule has 2 aromatic rings. The molecular weight excluding hydrogens is 340 g/mol. The number of fused-ring (bicyclic) bond motifs is 1. The summed E-state index contributed by atoms with van der Waals surface area (Å²) < 4.78 is 2.22. The lowest BCUT2D eigenvalue weighted by atomic mass is 10.0. The van der Waals surface area contributed by atoms with Gasteiger partial charge in [-0.3, -0.25) is 4.79 Å². The summed E-state index contributed by atoms with van der Waals surface area (Å²) in [6.45, 7) is 6.82. The Labute approximate surface area is 160 Å². The van der Waals surface area contributed by atoms with E-state index in [0.717, 1.165) is 38.9 Å². The van der Waals surface area contributed by atoms with Crippen molar-refractivity contribution in [2.45, 2.75) is 45.7 Å². The molecule has 2 heterocycles. The number of amides is 3. The van der Waals surface area contributed by atoms with E-state index in [1.807, 2.05) is 30.9 Å². The summed E-state index contributed by atoms with van der Waals surface area (Å²) in [5, 5.41) is 7.23. The number of aryl methyl sites for hydroxylation is 1. The molecule has 1 aromatic heterocycles. The molecule has 3 amide bonds. The smallest absolute Gasteiger partial charge is 0.315 e. The number of nitrogens with one attached hydrogen (secondary N) is 2. The summed E-state index contributed by atoms with van der Waals surface area (Å²) in [5.41, 5.74) is 1.23. The largest absolute Gasteiger partial charge is 0.347 e. The van der Waals surface area contributed by atoms with E-state index in [-0.39, 0.29) is 23.9 Å². The Morgan fingerprint density at radius 3 is 2.63 bits per heavy atom. The highest BCUT2D eigenvalue weighted by Gasteiger charge is 2.24. The minimum absolute atomic E-state index is 0.0372. The number of carbonyl (C=O) groups is 2. The maximum atomic E-state index is 12.1. The van der Waals surface area contributed by atoms with Gasteiger partial charge < -0.3 is 20.1 Å². The zero-order chi connectivity index (χ0) is 19.2. The van der Waals surface area contributed by atoms with Crippen LogP contribution in [0.1, 0.15) is 33.1 Å².